The molecule has 2 N–H and O–H groups in total. The summed E-state index contributed by atoms with van der Waals surface area (Å²) in [4.78, 5) is 22.7. The summed E-state index contributed by atoms with van der Waals surface area (Å²) < 4.78 is 0. The van der Waals surface area contributed by atoms with E-state index in [1.165, 1.54) is 0 Å². The first-order chi connectivity index (χ1) is 13.2. The highest BCUT2D eigenvalue weighted by Gasteiger charge is 2.11. The lowest BCUT2D eigenvalue weighted by molar-refractivity contribution is 0.0773. The number of guanidine groups is 1. The van der Waals surface area contributed by atoms with Gasteiger partial charge in [0.05, 0.1) is 0 Å². The standard InChI is InChI=1S/C21H29N5O.HI/c1-4-26(5-2)20(27)18-11-9-17(10-12-18)16-25-21(22-3)24-15-13-19-8-6-7-14-23-19;/h6-12,14H,4-5,13,15-16H2,1-3H3,(H2,22,24,25);1H. The van der Waals surface area contributed by atoms with Crippen LogP contribution < -0.4 is 10.6 Å². The van der Waals surface area contributed by atoms with Crippen LogP contribution in [-0.2, 0) is 13.0 Å². The zero-order valence-electron chi connectivity index (χ0n) is 16.8. The molecule has 0 spiro atoms. The van der Waals surface area contributed by atoms with Crippen molar-refractivity contribution >= 4 is 35.8 Å². The fraction of sp³-hybridized carbons (Fsp3) is 0.381. The molecule has 0 aliphatic carbocycles. The van der Waals surface area contributed by atoms with Crippen LogP contribution in [0.25, 0.3) is 0 Å². The van der Waals surface area contributed by atoms with Crippen LogP contribution in [0.5, 0.6) is 0 Å². The Hall–Kier alpha value is -2.16. The molecule has 0 aliphatic rings. The van der Waals surface area contributed by atoms with Crippen molar-refractivity contribution in [3.8, 4) is 0 Å². The molecule has 0 aliphatic heterocycles. The highest BCUT2D eigenvalue weighted by atomic mass is 127. The van der Waals surface area contributed by atoms with Gasteiger partial charge in [0.1, 0.15) is 0 Å². The predicted molar refractivity (Wildman–Crippen MR) is 125 cm³/mol. The number of hydrogen-bond donors (Lipinski definition) is 2. The highest BCUT2D eigenvalue weighted by molar-refractivity contribution is 14.0. The Labute approximate surface area is 184 Å². The van der Waals surface area contributed by atoms with Crippen LogP contribution in [0.1, 0.15) is 35.5 Å². The maximum absolute atomic E-state index is 12.3. The average molecular weight is 495 g/mol. The van der Waals surface area contributed by atoms with Gasteiger partial charge in [-0.3, -0.25) is 14.8 Å². The van der Waals surface area contributed by atoms with Gasteiger partial charge in [-0.05, 0) is 43.7 Å². The monoisotopic (exact) mass is 495 g/mol. The van der Waals surface area contributed by atoms with Gasteiger partial charge in [-0.2, -0.15) is 0 Å². The highest BCUT2D eigenvalue weighted by Crippen LogP contribution is 2.08. The van der Waals surface area contributed by atoms with Gasteiger partial charge in [-0.25, -0.2) is 0 Å². The number of nitrogens with one attached hydrogen (secondary N) is 2. The minimum Gasteiger partial charge on any atom is -0.356 e. The Morgan fingerprint density at radius 3 is 2.36 bits per heavy atom. The molecule has 1 amide bonds. The van der Waals surface area contributed by atoms with E-state index in [-0.39, 0.29) is 29.9 Å². The van der Waals surface area contributed by atoms with Crippen molar-refractivity contribution in [2.75, 3.05) is 26.7 Å². The topological polar surface area (TPSA) is 69.6 Å². The molecule has 0 bridgehead atoms. The Kier molecular flexibility index (Phi) is 11.2. The molecule has 152 valence electrons. The molecule has 0 radical (unpaired) electrons. The number of rotatable bonds is 8. The van der Waals surface area contributed by atoms with Crippen LogP contribution in [0.15, 0.2) is 53.7 Å². The molecule has 0 atom stereocenters. The Morgan fingerprint density at radius 2 is 1.79 bits per heavy atom. The maximum atomic E-state index is 12.3. The third-order valence-electron chi connectivity index (χ3n) is 4.33. The summed E-state index contributed by atoms with van der Waals surface area (Å²) in [5.74, 6) is 0.820. The normalized spacial score (nSPS) is 10.8. The van der Waals surface area contributed by atoms with Crippen molar-refractivity contribution in [1.82, 2.24) is 20.5 Å². The van der Waals surface area contributed by atoms with Crippen molar-refractivity contribution in [2.24, 2.45) is 4.99 Å². The van der Waals surface area contributed by atoms with Gasteiger partial charge in [0.25, 0.3) is 5.91 Å². The third kappa shape index (κ3) is 7.46. The van der Waals surface area contributed by atoms with E-state index in [4.69, 9.17) is 0 Å². The summed E-state index contributed by atoms with van der Waals surface area (Å²) in [6.07, 6.45) is 2.64. The number of pyridine rings is 1. The van der Waals surface area contributed by atoms with Crippen LogP contribution in [0.3, 0.4) is 0 Å². The largest absolute Gasteiger partial charge is 0.356 e. The predicted octanol–water partition coefficient (Wildman–Crippen LogP) is 3.09. The summed E-state index contributed by atoms with van der Waals surface area (Å²) in [5.41, 5.74) is 2.87. The summed E-state index contributed by atoms with van der Waals surface area (Å²) in [6, 6.07) is 13.6. The number of aliphatic imine (C=N–C) groups is 1. The lowest BCUT2D eigenvalue weighted by Gasteiger charge is -2.18. The molecule has 0 fully saturated rings. The number of hydrogen-bond acceptors (Lipinski definition) is 3. The average Bonchev–Trinajstić information content (AvgIpc) is 2.72. The van der Waals surface area contributed by atoms with Crippen LogP contribution >= 0.6 is 24.0 Å². The van der Waals surface area contributed by atoms with Gasteiger partial charge < -0.3 is 15.5 Å². The summed E-state index contributed by atoms with van der Waals surface area (Å²) >= 11 is 0. The van der Waals surface area contributed by atoms with E-state index >= 15 is 0 Å². The lowest BCUT2D eigenvalue weighted by atomic mass is 10.1. The van der Waals surface area contributed by atoms with Crippen molar-refractivity contribution in [3.05, 3.63) is 65.5 Å². The van der Waals surface area contributed by atoms with Gasteiger partial charge in [0.2, 0.25) is 0 Å². The van der Waals surface area contributed by atoms with E-state index in [0.29, 0.717) is 6.54 Å². The van der Waals surface area contributed by atoms with Gasteiger partial charge in [-0.15, -0.1) is 24.0 Å². The molecule has 28 heavy (non-hydrogen) atoms. The molecular weight excluding hydrogens is 465 g/mol. The Balaban J connectivity index is 0.00000392. The van der Waals surface area contributed by atoms with Crippen molar-refractivity contribution in [3.63, 3.8) is 0 Å². The summed E-state index contributed by atoms with van der Waals surface area (Å²) in [5, 5.41) is 6.57. The molecule has 2 rings (SSSR count). The number of nitrogens with zero attached hydrogens (tertiary/aromatic N) is 3. The number of halogens is 1. The fourth-order valence-corrected chi connectivity index (χ4v) is 2.72. The first-order valence-corrected chi connectivity index (χ1v) is 9.40. The molecule has 0 saturated carbocycles. The van der Waals surface area contributed by atoms with Crippen LogP contribution in [0.4, 0.5) is 0 Å². The lowest BCUT2D eigenvalue weighted by Crippen LogP contribution is -2.37. The number of carbonyl (C=O) groups is 1. The first-order valence-electron chi connectivity index (χ1n) is 9.40. The smallest absolute Gasteiger partial charge is 0.253 e. The quantitative estimate of drug-likeness (QED) is 0.336. The van der Waals surface area contributed by atoms with Crippen molar-refractivity contribution in [2.45, 2.75) is 26.8 Å². The van der Waals surface area contributed by atoms with E-state index in [0.717, 1.165) is 48.8 Å². The molecule has 1 heterocycles. The number of amides is 1. The maximum Gasteiger partial charge on any atom is 0.253 e. The van der Waals surface area contributed by atoms with E-state index in [9.17, 15) is 4.79 Å². The fourth-order valence-electron chi connectivity index (χ4n) is 2.72. The van der Waals surface area contributed by atoms with Crippen LogP contribution in [0, 0.1) is 0 Å². The van der Waals surface area contributed by atoms with Crippen LogP contribution in [0.2, 0.25) is 0 Å². The van der Waals surface area contributed by atoms with E-state index in [1.54, 1.807) is 13.2 Å². The van der Waals surface area contributed by atoms with Gasteiger partial charge >= 0.3 is 0 Å². The van der Waals surface area contributed by atoms with Gasteiger partial charge in [0, 0.05) is 57.1 Å². The zero-order valence-corrected chi connectivity index (χ0v) is 19.1. The summed E-state index contributed by atoms with van der Waals surface area (Å²) in [7, 11) is 1.75. The second-order valence-corrected chi connectivity index (χ2v) is 6.10. The van der Waals surface area contributed by atoms with E-state index in [2.05, 4.69) is 20.6 Å². The van der Waals surface area contributed by atoms with E-state index in [1.807, 2.05) is 61.2 Å². The molecule has 7 heteroatoms. The molecule has 0 unspecified atom stereocenters. The van der Waals surface area contributed by atoms with Gasteiger partial charge in [-0.1, -0.05) is 18.2 Å². The molecule has 0 saturated heterocycles. The molecule has 1 aromatic heterocycles. The number of carbonyl (C=O) groups excluding carboxylic acids is 1. The second kappa shape index (κ2) is 13.1. The SMILES string of the molecule is CCN(CC)C(=O)c1ccc(CNC(=NC)NCCc2ccccn2)cc1.I. The Morgan fingerprint density at radius 1 is 1.07 bits per heavy atom. The Bertz CT molecular complexity index is 730. The van der Waals surface area contributed by atoms with Crippen LogP contribution in [-0.4, -0.2) is 48.4 Å². The molecule has 2 aromatic rings. The first kappa shape index (κ1) is 23.9. The second-order valence-electron chi connectivity index (χ2n) is 6.10. The molecule has 6 nitrogen and oxygen atoms in total. The van der Waals surface area contributed by atoms with Crippen molar-refractivity contribution < 1.29 is 4.79 Å². The van der Waals surface area contributed by atoms with Crippen molar-refractivity contribution in [1.29, 1.82) is 0 Å². The minimum absolute atomic E-state index is 0. The third-order valence-corrected chi connectivity index (χ3v) is 4.33. The number of aromatic nitrogens is 1. The minimum atomic E-state index is 0. The summed E-state index contributed by atoms with van der Waals surface area (Å²) in [6.45, 7) is 6.83. The van der Waals surface area contributed by atoms with E-state index < -0.39 is 0 Å². The molecule has 1 aromatic carbocycles. The number of benzene rings is 1. The molecular formula is C21H30IN5O. The zero-order chi connectivity index (χ0) is 19.5. The van der Waals surface area contributed by atoms with Gasteiger partial charge in [0.15, 0.2) is 5.96 Å².